The molecule has 0 spiro atoms. The topological polar surface area (TPSA) is 108 Å². The second kappa shape index (κ2) is 11.5. The van der Waals surface area contributed by atoms with Gasteiger partial charge in [-0.15, -0.1) is 0 Å². The molecule has 4 rings (SSSR count). The maximum Gasteiger partial charge on any atom is 0.241 e. The van der Waals surface area contributed by atoms with Gasteiger partial charge >= 0.3 is 0 Å². The van der Waals surface area contributed by atoms with Gasteiger partial charge in [-0.1, -0.05) is 6.07 Å². The minimum atomic E-state index is -3.88. The zero-order valence-electron chi connectivity index (χ0n) is 28.9. The quantitative estimate of drug-likeness (QED) is 0.341. The third kappa shape index (κ3) is 7.88. The number of sulfonamides is 1. The van der Waals surface area contributed by atoms with Gasteiger partial charge in [0, 0.05) is 44.8 Å². The average molecular weight is 533 g/mol. The van der Waals surface area contributed by atoms with Gasteiger partial charge in [0.15, 0.2) is 0 Å². The third-order valence-electron chi connectivity index (χ3n) is 5.09. The number of benzene rings is 2. The first-order valence-electron chi connectivity index (χ1n) is 15.7. The van der Waals surface area contributed by atoms with Crippen LogP contribution in [-0.4, -0.2) is 55.1 Å². The van der Waals surface area contributed by atoms with Crippen LogP contribution in [0, 0.1) is 6.85 Å². The number of nitrogens with zero attached hydrogens (tertiary/aromatic N) is 3. The van der Waals surface area contributed by atoms with Gasteiger partial charge in [-0.3, -0.25) is 4.90 Å². The van der Waals surface area contributed by atoms with E-state index in [0.717, 1.165) is 0 Å². The first-order valence-corrected chi connectivity index (χ1v) is 13.2. The molecular formula is C27H36N6O3S. The maximum absolute atomic E-state index is 12.8. The van der Waals surface area contributed by atoms with Gasteiger partial charge in [-0.25, -0.2) is 18.1 Å². The number of anilines is 4. The third-order valence-corrected chi connectivity index (χ3v) is 6.85. The van der Waals surface area contributed by atoms with Crippen LogP contribution < -0.4 is 20.1 Å². The molecular weight excluding hydrogens is 488 g/mol. The largest absolute Gasteiger partial charge is 0.492 e. The van der Waals surface area contributed by atoms with Gasteiger partial charge in [0.25, 0.3) is 0 Å². The summed E-state index contributed by atoms with van der Waals surface area (Å²) in [5.74, 6) is 0.259. The highest BCUT2D eigenvalue weighted by molar-refractivity contribution is 7.89. The van der Waals surface area contributed by atoms with E-state index in [0.29, 0.717) is 18.0 Å². The lowest BCUT2D eigenvalue weighted by atomic mass is 10.1. The van der Waals surface area contributed by atoms with E-state index < -0.39 is 46.9 Å². The van der Waals surface area contributed by atoms with Crippen LogP contribution in [-0.2, 0) is 10.0 Å². The van der Waals surface area contributed by atoms with E-state index in [-0.39, 0.29) is 42.0 Å². The smallest absolute Gasteiger partial charge is 0.241 e. The minimum Gasteiger partial charge on any atom is -0.492 e. The molecule has 3 N–H and O–H groups in total. The van der Waals surface area contributed by atoms with Crippen LogP contribution in [0.3, 0.4) is 0 Å². The van der Waals surface area contributed by atoms with Crippen LogP contribution in [0.5, 0.6) is 5.75 Å². The number of nitrogens with one attached hydrogen (secondary N) is 3. The normalized spacial score (nSPS) is 20.7. The van der Waals surface area contributed by atoms with E-state index in [4.69, 9.17) is 15.7 Å². The molecule has 0 atom stereocenters. The molecule has 3 aromatic rings. The molecule has 1 aliphatic heterocycles. The summed E-state index contributed by atoms with van der Waals surface area (Å²) >= 11 is 0. The summed E-state index contributed by atoms with van der Waals surface area (Å²) in [4.78, 5) is 9.96. The Bertz CT molecular complexity index is 1610. The molecule has 1 aliphatic rings. The fourth-order valence-corrected chi connectivity index (χ4v) is 4.90. The van der Waals surface area contributed by atoms with Crippen molar-refractivity contribution in [1.29, 1.82) is 0 Å². The number of aromatic nitrogens is 2. The SMILES string of the molecule is [2H]c1nc(Nc2ccc(OCCN3CC([2H])([2H])C([2H])([2H])C3)cc2)nc(Nc2cccc(S(=O)(=O)NC(C)(C)C)c2)c1C([2H])([2H])[2H]. The van der Waals surface area contributed by atoms with Gasteiger partial charge in [0.1, 0.15) is 18.2 Å². The fraction of sp³-hybridized carbons (Fsp3) is 0.407. The Morgan fingerprint density at radius 2 is 1.86 bits per heavy atom. The van der Waals surface area contributed by atoms with Crippen LogP contribution in [0.2, 0.25) is 0 Å². The van der Waals surface area contributed by atoms with Crippen molar-refractivity contribution in [3.05, 3.63) is 60.3 Å². The molecule has 0 unspecified atom stereocenters. The second-order valence-electron chi connectivity index (χ2n) is 9.45. The monoisotopic (exact) mass is 532 g/mol. The van der Waals surface area contributed by atoms with E-state index >= 15 is 0 Å². The Hall–Kier alpha value is -3.21. The van der Waals surface area contributed by atoms with E-state index in [1.165, 1.54) is 18.2 Å². The summed E-state index contributed by atoms with van der Waals surface area (Å²) < 4.78 is 97.5. The molecule has 2 heterocycles. The van der Waals surface area contributed by atoms with Gasteiger partial charge in [-0.2, -0.15) is 4.98 Å². The van der Waals surface area contributed by atoms with Crippen LogP contribution in [0.1, 0.15) is 50.0 Å². The molecule has 0 amide bonds. The average Bonchev–Trinajstić information content (AvgIpc) is 3.08. The van der Waals surface area contributed by atoms with E-state index in [1.807, 2.05) is 0 Å². The highest BCUT2D eigenvalue weighted by Gasteiger charge is 2.22. The van der Waals surface area contributed by atoms with E-state index in [2.05, 4.69) is 25.3 Å². The lowest BCUT2D eigenvalue weighted by molar-refractivity contribution is 0.238. The minimum absolute atomic E-state index is 0.0133. The Labute approximate surface area is 231 Å². The van der Waals surface area contributed by atoms with Crippen molar-refractivity contribution in [1.82, 2.24) is 19.6 Å². The zero-order chi connectivity index (χ0) is 33.4. The highest BCUT2D eigenvalue weighted by atomic mass is 32.2. The number of likely N-dealkylation sites (tertiary alicyclic amines) is 1. The first-order chi connectivity index (χ1) is 20.7. The molecule has 1 fully saturated rings. The molecule has 0 radical (unpaired) electrons. The number of hydrogen-bond donors (Lipinski definition) is 3. The van der Waals surface area contributed by atoms with Gasteiger partial charge in [0.2, 0.25) is 16.0 Å². The standard InChI is InChI=1S/C27H36N6O3S/c1-20-19-28-26(30-21-10-12-23(13-11-21)36-17-16-33-14-5-6-15-33)31-25(20)29-22-8-7-9-24(18-22)37(34,35)32-27(2,3)4/h7-13,18-19,32H,5-6,14-17H2,1-4H3,(H2,28,29,30,31)/i1D3,5D2,6D2,19D. The Morgan fingerprint density at radius 3 is 2.57 bits per heavy atom. The van der Waals surface area contributed by atoms with Gasteiger partial charge in [-0.05, 0) is 95.9 Å². The van der Waals surface area contributed by atoms with Crippen molar-refractivity contribution in [2.45, 2.75) is 50.8 Å². The number of rotatable bonds is 10. The lowest BCUT2D eigenvalue weighted by Crippen LogP contribution is -2.40. The lowest BCUT2D eigenvalue weighted by Gasteiger charge is -2.20. The van der Waals surface area contributed by atoms with Crippen LogP contribution >= 0.6 is 0 Å². The van der Waals surface area contributed by atoms with Crippen molar-refractivity contribution < 1.29 is 24.1 Å². The number of hydrogen-bond acceptors (Lipinski definition) is 8. The molecule has 0 saturated carbocycles. The summed E-state index contributed by atoms with van der Waals surface area (Å²) in [5, 5.41) is 5.79. The summed E-state index contributed by atoms with van der Waals surface area (Å²) in [6.07, 6.45) is -4.39. The molecule has 2 aromatic carbocycles. The summed E-state index contributed by atoms with van der Waals surface area (Å²) in [5.41, 5.74) is -0.405. The van der Waals surface area contributed by atoms with Crippen LogP contribution in [0.15, 0.2) is 59.6 Å². The van der Waals surface area contributed by atoms with Crippen molar-refractivity contribution >= 4 is 33.2 Å². The van der Waals surface area contributed by atoms with Crippen LogP contribution in [0.25, 0.3) is 0 Å². The molecule has 37 heavy (non-hydrogen) atoms. The Balaban J connectivity index is 1.48. The molecule has 0 bridgehead atoms. The zero-order valence-corrected chi connectivity index (χ0v) is 21.7. The fourth-order valence-electron chi connectivity index (χ4n) is 3.44. The maximum atomic E-state index is 12.8. The molecule has 10 heteroatoms. The number of ether oxygens (including phenoxy) is 1. The van der Waals surface area contributed by atoms with E-state index in [1.54, 1.807) is 56.0 Å². The van der Waals surface area contributed by atoms with Gasteiger partial charge < -0.3 is 15.4 Å². The molecule has 1 saturated heterocycles. The summed E-state index contributed by atoms with van der Waals surface area (Å²) in [7, 11) is -3.88. The Morgan fingerprint density at radius 1 is 1.11 bits per heavy atom. The second-order valence-corrected chi connectivity index (χ2v) is 11.1. The predicted octanol–water partition coefficient (Wildman–Crippen LogP) is 4.82. The van der Waals surface area contributed by atoms with E-state index in [9.17, 15) is 8.42 Å². The van der Waals surface area contributed by atoms with Gasteiger partial charge in [0.05, 0.1) is 6.27 Å². The molecule has 1 aromatic heterocycles. The van der Waals surface area contributed by atoms with Crippen molar-refractivity contribution in [3.8, 4) is 5.75 Å². The summed E-state index contributed by atoms with van der Waals surface area (Å²) in [6, 6.07) is 12.5. The Kier molecular flexibility index (Phi) is 5.61. The van der Waals surface area contributed by atoms with Crippen molar-refractivity contribution in [2.75, 3.05) is 36.9 Å². The molecule has 9 nitrogen and oxygen atoms in total. The van der Waals surface area contributed by atoms with Crippen molar-refractivity contribution in [2.24, 2.45) is 0 Å². The molecule has 0 aliphatic carbocycles. The molecule has 198 valence electrons. The summed E-state index contributed by atoms with van der Waals surface area (Å²) in [6.45, 7) is 2.95. The predicted molar refractivity (Wildman–Crippen MR) is 147 cm³/mol. The van der Waals surface area contributed by atoms with Crippen LogP contribution in [0.4, 0.5) is 23.1 Å². The highest BCUT2D eigenvalue weighted by Crippen LogP contribution is 2.24. The first kappa shape index (κ1) is 18.1. The van der Waals surface area contributed by atoms with Crippen molar-refractivity contribution in [3.63, 3.8) is 0 Å².